The first-order chi connectivity index (χ1) is 15.3. The van der Waals surface area contributed by atoms with Crippen LogP contribution >= 0.6 is 0 Å². The van der Waals surface area contributed by atoms with Gasteiger partial charge in [-0.2, -0.15) is 5.10 Å². The van der Waals surface area contributed by atoms with Crippen LogP contribution in [0.25, 0.3) is 10.9 Å². The van der Waals surface area contributed by atoms with Crippen molar-refractivity contribution >= 4 is 28.5 Å². The molecule has 1 aromatic heterocycles. The second kappa shape index (κ2) is 8.58. The first-order valence-corrected chi connectivity index (χ1v) is 9.83. The minimum atomic E-state index is -1.02. The first-order valence-electron chi connectivity index (χ1n) is 9.83. The predicted molar refractivity (Wildman–Crippen MR) is 116 cm³/mol. The van der Waals surface area contributed by atoms with Crippen molar-refractivity contribution in [1.29, 1.82) is 0 Å². The van der Waals surface area contributed by atoms with Crippen molar-refractivity contribution in [3.05, 3.63) is 94.7 Å². The third-order valence-electron chi connectivity index (χ3n) is 5.02. The summed E-state index contributed by atoms with van der Waals surface area (Å²) in [5.74, 6) is -2.61. The molecule has 0 fully saturated rings. The van der Waals surface area contributed by atoms with Crippen LogP contribution in [-0.4, -0.2) is 26.8 Å². The number of nitrogens with one attached hydrogen (secondary N) is 1. The van der Waals surface area contributed by atoms with Gasteiger partial charge in [0.25, 0.3) is 5.91 Å². The van der Waals surface area contributed by atoms with Crippen LogP contribution in [0.5, 0.6) is 0 Å². The number of hydrogen-bond donors (Lipinski definition) is 2. The SMILES string of the molecule is Cc1ccc(C(=O)Nc2ccc(Cn3nc(CC(=O)O)c4ccc(F)cc43)cc2)c(F)c1. The Morgan fingerprint density at radius 2 is 1.78 bits per heavy atom. The summed E-state index contributed by atoms with van der Waals surface area (Å²) in [5.41, 5.74) is 2.82. The van der Waals surface area contributed by atoms with Gasteiger partial charge in [0, 0.05) is 11.1 Å². The summed E-state index contributed by atoms with van der Waals surface area (Å²) >= 11 is 0. The zero-order valence-corrected chi connectivity index (χ0v) is 17.1. The summed E-state index contributed by atoms with van der Waals surface area (Å²) in [6.07, 6.45) is -0.268. The van der Waals surface area contributed by atoms with Crippen molar-refractivity contribution in [3.8, 4) is 0 Å². The number of rotatable bonds is 6. The zero-order chi connectivity index (χ0) is 22.8. The van der Waals surface area contributed by atoms with Gasteiger partial charge < -0.3 is 10.4 Å². The van der Waals surface area contributed by atoms with Gasteiger partial charge in [-0.1, -0.05) is 18.2 Å². The topological polar surface area (TPSA) is 84.2 Å². The summed E-state index contributed by atoms with van der Waals surface area (Å²) < 4.78 is 29.3. The number of carboxylic acids is 1. The molecule has 1 heterocycles. The lowest BCUT2D eigenvalue weighted by Crippen LogP contribution is -2.14. The van der Waals surface area contributed by atoms with Gasteiger partial charge in [-0.15, -0.1) is 0 Å². The highest BCUT2D eigenvalue weighted by Crippen LogP contribution is 2.22. The maximum atomic E-state index is 14.0. The summed E-state index contributed by atoms with van der Waals surface area (Å²) in [7, 11) is 0. The van der Waals surface area contributed by atoms with Crippen molar-refractivity contribution in [1.82, 2.24) is 9.78 Å². The summed E-state index contributed by atoms with van der Waals surface area (Å²) in [4.78, 5) is 23.5. The molecule has 4 rings (SSSR count). The molecule has 0 atom stereocenters. The van der Waals surface area contributed by atoms with Crippen LogP contribution in [0.2, 0.25) is 0 Å². The van der Waals surface area contributed by atoms with Crippen molar-refractivity contribution in [2.75, 3.05) is 5.32 Å². The number of amides is 1. The normalized spacial score (nSPS) is 11.0. The number of benzene rings is 3. The highest BCUT2D eigenvalue weighted by molar-refractivity contribution is 6.04. The molecule has 2 N–H and O–H groups in total. The minimum absolute atomic E-state index is 0.0457. The number of carboxylic acid groups (broad SMARTS) is 1. The molecule has 0 unspecified atom stereocenters. The molecular formula is C24H19F2N3O3. The lowest BCUT2D eigenvalue weighted by atomic mass is 10.1. The van der Waals surface area contributed by atoms with Crippen LogP contribution in [0.3, 0.4) is 0 Å². The van der Waals surface area contributed by atoms with Crippen LogP contribution in [0.1, 0.15) is 27.2 Å². The molecule has 1 amide bonds. The molecule has 32 heavy (non-hydrogen) atoms. The standard InChI is InChI=1S/C24H19F2N3O3/c1-14-2-8-18(20(26)10-14)24(32)27-17-6-3-15(4-7-17)13-29-22-11-16(25)5-9-19(22)21(28-29)12-23(30)31/h2-11H,12-13H2,1H3,(H,27,32)(H,30,31). The van der Waals surface area contributed by atoms with E-state index >= 15 is 0 Å². The first kappa shape index (κ1) is 21.2. The average Bonchev–Trinajstić information content (AvgIpc) is 3.05. The summed E-state index contributed by atoms with van der Waals surface area (Å²) in [6.45, 7) is 2.02. The Kier molecular flexibility index (Phi) is 5.68. The van der Waals surface area contributed by atoms with E-state index in [0.717, 1.165) is 11.1 Å². The molecule has 0 aliphatic rings. The highest BCUT2D eigenvalue weighted by atomic mass is 19.1. The molecule has 8 heteroatoms. The number of anilines is 1. The number of carbonyl (C=O) groups excluding carboxylic acids is 1. The van der Waals surface area contributed by atoms with E-state index in [2.05, 4.69) is 10.4 Å². The van der Waals surface area contributed by atoms with E-state index in [1.165, 1.54) is 30.3 Å². The third kappa shape index (κ3) is 4.49. The van der Waals surface area contributed by atoms with Gasteiger partial charge in [-0.3, -0.25) is 14.3 Å². The van der Waals surface area contributed by atoms with E-state index < -0.39 is 23.5 Å². The molecule has 162 valence electrons. The second-order valence-electron chi connectivity index (χ2n) is 7.47. The molecule has 3 aromatic carbocycles. The Labute approximate surface area is 182 Å². The fourth-order valence-electron chi connectivity index (χ4n) is 3.48. The number of halogens is 2. The van der Waals surface area contributed by atoms with E-state index in [-0.39, 0.29) is 18.5 Å². The number of fused-ring (bicyclic) bond motifs is 1. The van der Waals surface area contributed by atoms with Gasteiger partial charge >= 0.3 is 5.97 Å². The Morgan fingerprint density at radius 3 is 2.47 bits per heavy atom. The minimum Gasteiger partial charge on any atom is -0.481 e. The van der Waals surface area contributed by atoms with Gasteiger partial charge in [0.15, 0.2) is 0 Å². The molecule has 0 saturated heterocycles. The highest BCUT2D eigenvalue weighted by Gasteiger charge is 2.15. The van der Waals surface area contributed by atoms with E-state index in [1.54, 1.807) is 41.9 Å². The Morgan fingerprint density at radius 1 is 1.03 bits per heavy atom. The van der Waals surface area contributed by atoms with Crippen LogP contribution in [0.15, 0.2) is 60.7 Å². The van der Waals surface area contributed by atoms with Crippen molar-refractivity contribution in [3.63, 3.8) is 0 Å². The molecule has 4 aromatic rings. The van der Waals surface area contributed by atoms with E-state index in [4.69, 9.17) is 5.11 Å². The Balaban J connectivity index is 1.54. The largest absolute Gasteiger partial charge is 0.481 e. The Hall–Kier alpha value is -4.07. The van der Waals surface area contributed by atoms with Crippen LogP contribution in [-0.2, 0) is 17.8 Å². The number of nitrogens with zero attached hydrogens (tertiary/aromatic N) is 2. The second-order valence-corrected chi connectivity index (χ2v) is 7.47. The third-order valence-corrected chi connectivity index (χ3v) is 5.02. The van der Waals surface area contributed by atoms with Gasteiger partial charge in [-0.05, 0) is 60.5 Å². The van der Waals surface area contributed by atoms with Gasteiger partial charge in [-0.25, -0.2) is 8.78 Å². The summed E-state index contributed by atoms with van der Waals surface area (Å²) in [6, 6.07) is 15.4. The monoisotopic (exact) mass is 435 g/mol. The quantitative estimate of drug-likeness (QED) is 0.465. The van der Waals surface area contributed by atoms with E-state index in [0.29, 0.717) is 22.3 Å². The fraction of sp³-hybridized carbons (Fsp3) is 0.125. The van der Waals surface area contributed by atoms with Crippen LogP contribution in [0.4, 0.5) is 14.5 Å². The number of hydrogen-bond acceptors (Lipinski definition) is 3. The van der Waals surface area contributed by atoms with E-state index in [9.17, 15) is 18.4 Å². The van der Waals surface area contributed by atoms with Crippen LogP contribution in [0, 0.1) is 18.6 Å². The Bertz CT molecular complexity index is 1330. The molecule has 0 radical (unpaired) electrons. The molecule has 0 aliphatic heterocycles. The number of aliphatic carboxylic acids is 1. The van der Waals surface area contributed by atoms with Crippen molar-refractivity contribution < 1.29 is 23.5 Å². The number of carbonyl (C=O) groups is 2. The van der Waals surface area contributed by atoms with Gasteiger partial charge in [0.2, 0.25) is 0 Å². The maximum Gasteiger partial charge on any atom is 0.309 e. The summed E-state index contributed by atoms with van der Waals surface area (Å²) in [5, 5.41) is 16.7. The lowest BCUT2D eigenvalue weighted by Gasteiger charge is -2.09. The average molecular weight is 435 g/mol. The van der Waals surface area contributed by atoms with Gasteiger partial charge in [0.1, 0.15) is 11.6 Å². The number of aromatic nitrogens is 2. The van der Waals surface area contributed by atoms with Crippen molar-refractivity contribution in [2.24, 2.45) is 0 Å². The van der Waals surface area contributed by atoms with E-state index in [1.807, 2.05) is 0 Å². The van der Waals surface area contributed by atoms with Crippen LogP contribution < -0.4 is 5.32 Å². The fourth-order valence-corrected chi connectivity index (χ4v) is 3.48. The molecule has 0 bridgehead atoms. The molecule has 0 aliphatic carbocycles. The maximum absolute atomic E-state index is 14.0. The number of aryl methyl sites for hydroxylation is 1. The predicted octanol–water partition coefficient (Wildman–Crippen LogP) is 4.55. The molecule has 0 spiro atoms. The molecular weight excluding hydrogens is 416 g/mol. The molecule has 0 saturated carbocycles. The lowest BCUT2D eigenvalue weighted by molar-refractivity contribution is -0.136. The smallest absolute Gasteiger partial charge is 0.309 e. The zero-order valence-electron chi connectivity index (χ0n) is 17.1. The molecule has 6 nitrogen and oxygen atoms in total. The van der Waals surface area contributed by atoms with Gasteiger partial charge in [0.05, 0.1) is 29.7 Å². The van der Waals surface area contributed by atoms with Crippen molar-refractivity contribution in [2.45, 2.75) is 19.9 Å².